The van der Waals surface area contributed by atoms with Crippen molar-refractivity contribution >= 4 is 17.4 Å². The van der Waals surface area contributed by atoms with Crippen LogP contribution in [0.5, 0.6) is 5.75 Å². The topological polar surface area (TPSA) is 106 Å². The number of hydrogen-bond acceptors (Lipinski definition) is 9. The second-order valence-corrected chi connectivity index (χ2v) is 10.4. The highest BCUT2D eigenvalue weighted by molar-refractivity contribution is 6.33. The SMILES string of the molecule is CNC[C@H](O)COc1ccc(Cl)c(-c2nc(-c3c(C)noc3C)c(C)c(N(C)C3CC(C)(OC)C3)n2)c1. The third-order valence-corrected chi connectivity index (χ3v) is 7.49. The van der Waals surface area contributed by atoms with E-state index in [0.717, 1.165) is 41.2 Å². The zero-order valence-corrected chi connectivity index (χ0v) is 23.3. The van der Waals surface area contributed by atoms with Gasteiger partial charge in [-0.05, 0) is 65.8 Å². The molecule has 2 N–H and O–H groups in total. The van der Waals surface area contributed by atoms with Crippen LogP contribution in [-0.4, -0.2) is 72.3 Å². The lowest BCUT2D eigenvalue weighted by atomic mass is 9.76. The van der Waals surface area contributed by atoms with Gasteiger partial charge in [-0.1, -0.05) is 16.8 Å². The number of benzene rings is 1. The number of nitrogens with zero attached hydrogens (tertiary/aromatic N) is 4. The number of ether oxygens (including phenoxy) is 2. The Morgan fingerprint density at radius 3 is 2.62 bits per heavy atom. The van der Waals surface area contributed by atoms with E-state index in [9.17, 15) is 5.11 Å². The molecule has 4 rings (SSSR count). The second-order valence-electron chi connectivity index (χ2n) is 10.0. The van der Waals surface area contributed by atoms with Crippen LogP contribution in [0.4, 0.5) is 5.82 Å². The predicted octanol–water partition coefficient (Wildman–Crippen LogP) is 4.34. The first kappa shape index (κ1) is 27.3. The van der Waals surface area contributed by atoms with Crippen LogP contribution in [-0.2, 0) is 4.74 Å². The fourth-order valence-electron chi connectivity index (χ4n) is 4.84. The summed E-state index contributed by atoms with van der Waals surface area (Å²) in [6.45, 7) is 8.52. The Bertz CT molecular complexity index is 1240. The van der Waals surface area contributed by atoms with Gasteiger partial charge in [-0.2, -0.15) is 0 Å². The van der Waals surface area contributed by atoms with Crippen LogP contribution < -0.4 is 15.0 Å². The van der Waals surface area contributed by atoms with Gasteiger partial charge in [0, 0.05) is 37.9 Å². The van der Waals surface area contributed by atoms with Gasteiger partial charge in [0.15, 0.2) is 5.82 Å². The van der Waals surface area contributed by atoms with Gasteiger partial charge in [-0.15, -0.1) is 0 Å². The van der Waals surface area contributed by atoms with Gasteiger partial charge in [0.05, 0.1) is 27.6 Å². The van der Waals surface area contributed by atoms with Crippen molar-refractivity contribution in [3.8, 4) is 28.4 Å². The number of nitrogens with one attached hydrogen (secondary N) is 1. The fourth-order valence-corrected chi connectivity index (χ4v) is 5.04. The first-order valence-electron chi connectivity index (χ1n) is 12.4. The predicted molar refractivity (Wildman–Crippen MR) is 144 cm³/mol. The molecule has 10 heteroatoms. The first-order chi connectivity index (χ1) is 17.6. The fraction of sp³-hybridized carbons (Fsp3) is 0.519. The molecule has 0 saturated heterocycles. The summed E-state index contributed by atoms with van der Waals surface area (Å²) in [6.07, 6.45) is 1.17. The van der Waals surface area contributed by atoms with Crippen LogP contribution in [0.15, 0.2) is 22.7 Å². The molecule has 3 aromatic rings. The van der Waals surface area contributed by atoms with E-state index in [1.807, 2.05) is 26.8 Å². The van der Waals surface area contributed by atoms with E-state index < -0.39 is 6.10 Å². The maximum Gasteiger partial charge on any atom is 0.163 e. The minimum Gasteiger partial charge on any atom is -0.491 e. The van der Waals surface area contributed by atoms with Crippen molar-refractivity contribution in [3.63, 3.8) is 0 Å². The zero-order valence-electron chi connectivity index (χ0n) is 22.6. The summed E-state index contributed by atoms with van der Waals surface area (Å²) < 4.78 is 17.0. The Kier molecular flexibility index (Phi) is 8.08. The number of aliphatic hydroxyl groups excluding tert-OH is 1. The average Bonchev–Trinajstić information content (AvgIpc) is 3.19. The van der Waals surface area contributed by atoms with Gasteiger partial charge in [0.1, 0.15) is 30.0 Å². The molecule has 1 aliphatic rings. The van der Waals surface area contributed by atoms with E-state index in [2.05, 4.69) is 29.3 Å². The summed E-state index contributed by atoms with van der Waals surface area (Å²) in [6, 6.07) is 5.62. The van der Waals surface area contributed by atoms with E-state index in [0.29, 0.717) is 34.5 Å². The molecule has 1 saturated carbocycles. The van der Waals surface area contributed by atoms with E-state index in [1.54, 1.807) is 26.3 Å². The number of aryl methyl sites for hydroxylation is 2. The molecule has 2 aromatic heterocycles. The maximum atomic E-state index is 10.0. The molecule has 0 bridgehead atoms. The van der Waals surface area contributed by atoms with Crippen LogP contribution >= 0.6 is 11.6 Å². The quantitative estimate of drug-likeness (QED) is 0.396. The first-order valence-corrected chi connectivity index (χ1v) is 12.8. The van der Waals surface area contributed by atoms with E-state index in [-0.39, 0.29) is 18.2 Å². The van der Waals surface area contributed by atoms with Crippen molar-refractivity contribution in [1.82, 2.24) is 20.4 Å². The normalized spacial score (nSPS) is 20.0. The molecular weight excluding hydrogens is 494 g/mol. The van der Waals surface area contributed by atoms with Crippen molar-refractivity contribution in [2.75, 3.05) is 39.3 Å². The van der Waals surface area contributed by atoms with Gasteiger partial charge in [0.25, 0.3) is 0 Å². The lowest BCUT2D eigenvalue weighted by Crippen LogP contribution is -2.54. The molecule has 0 aliphatic heterocycles. The van der Waals surface area contributed by atoms with E-state index in [1.165, 1.54) is 0 Å². The third kappa shape index (κ3) is 5.60. The van der Waals surface area contributed by atoms with Gasteiger partial charge < -0.3 is 29.3 Å². The van der Waals surface area contributed by atoms with Crippen LogP contribution in [0.2, 0.25) is 5.02 Å². The standard InChI is InChI=1S/C27H36ClN5O4/c1-15-24(23-16(2)32-37-17(23)3)30-25(31-26(15)33(6)18-11-27(4,12-18)35-7)21-10-20(8-9-22(21)28)36-14-19(34)13-29-5/h8-10,18-19,29,34H,11-14H2,1-7H3/t18?,19-,27?/m0/s1. The number of aliphatic hydroxyl groups is 1. The molecule has 0 radical (unpaired) electrons. The van der Waals surface area contributed by atoms with Crippen LogP contribution in [0.25, 0.3) is 22.6 Å². The highest BCUT2D eigenvalue weighted by Gasteiger charge is 2.43. The average molecular weight is 530 g/mol. The summed E-state index contributed by atoms with van der Waals surface area (Å²) in [7, 11) is 5.60. The molecule has 2 heterocycles. The Morgan fingerprint density at radius 2 is 2.00 bits per heavy atom. The van der Waals surface area contributed by atoms with Crippen molar-refractivity contribution in [3.05, 3.63) is 40.2 Å². The van der Waals surface area contributed by atoms with Gasteiger partial charge in [-0.25, -0.2) is 9.97 Å². The van der Waals surface area contributed by atoms with E-state index >= 15 is 0 Å². The van der Waals surface area contributed by atoms with Crippen molar-refractivity contribution in [2.45, 2.75) is 58.3 Å². The smallest absolute Gasteiger partial charge is 0.163 e. The molecule has 0 unspecified atom stereocenters. The van der Waals surface area contributed by atoms with E-state index in [4.69, 9.17) is 35.6 Å². The molecule has 1 aliphatic carbocycles. The van der Waals surface area contributed by atoms with Crippen molar-refractivity contribution in [1.29, 1.82) is 0 Å². The van der Waals surface area contributed by atoms with Crippen LogP contribution in [0, 0.1) is 20.8 Å². The van der Waals surface area contributed by atoms with Crippen LogP contribution in [0.1, 0.15) is 36.8 Å². The second kappa shape index (κ2) is 10.9. The Labute approximate surface area is 223 Å². The number of halogens is 1. The number of methoxy groups -OCH3 is 1. The highest BCUT2D eigenvalue weighted by Crippen LogP contribution is 2.42. The number of anilines is 1. The molecule has 1 fully saturated rings. The van der Waals surface area contributed by atoms with Crippen molar-refractivity contribution < 1.29 is 19.1 Å². The summed E-state index contributed by atoms with van der Waals surface area (Å²) in [4.78, 5) is 12.2. The number of aromatic nitrogens is 3. The number of hydrogen-bond donors (Lipinski definition) is 2. The van der Waals surface area contributed by atoms with Crippen LogP contribution in [0.3, 0.4) is 0 Å². The monoisotopic (exact) mass is 529 g/mol. The third-order valence-electron chi connectivity index (χ3n) is 7.16. The van der Waals surface area contributed by atoms with Gasteiger partial charge >= 0.3 is 0 Å². The molecule has 0 amide bonds. The summed E-state index contributed by atoms with van der Waals surface area (Å²) >= 11 is 6.66. The number of likely N-dealkylation sites (N-methyl/N-ethyl adjacent to an activating group) is 1. The Morgan fingerprint density at radius 1 is 1.27 bits per heavy atom. The molecule has 1 atom stereocenters. The summed E-state index contributed by atoms with van der Waals surface area (Å²) in [5.41, 5.74) is 3.82. The molecule has 0 spiro atoms. The molecule has 200 valence electrons. The largest absolute Gasteiger partial charge is 0.491 e. The summed E-state index contributed by atoms with van der Waals surface area (Å²) in [5, 5.41) is 17.6. The molecular formula is C27H36ClN5O4. The minimum atomic E-state index is -0.633. The van der Waals surface area contributed by atoms with Gasteiger partial charge in [-0.3, -0.25) is 0 Å². The zero-order chi connectivity index (χ0) is 26.9. The molecule has 9 nitrogen and oxygen atoms in total. The molecule has 37 heavy (non-hydrogen) atoms. The summed E-state index contributed by atoms with van der Waals surface area (Å²) in [5.74, 6) is 2.55. The molecule has 1 aromatic carbocycles. The number of rotatable bonds is 10. The Hall–Kier alpha value is -2.72. The van der Waals surface area contributed by atoms with Crippen molar-refractivity contribution in [2.24, 2.45) is 0 Å². The Balaban J connectivity index is 1.78. The lowest BCUT2D eigenvalue weighted by molar-refractivity contribution is -0.0676. The lowest BCUT2D eigenvalue weighted by Gasteiger charge is -2.48. The highest BCUT2D eigenvalue weighted by atomic mass is 35.5. The maximum absolute atomic E-state index is 10.0. The van der Waals surface area contributed by atoms with Gasteiger partial charge in [0.2, 0.25) is 0 Å². The minimum absolute atomic E-state index is 0.125.